The Bertz CT molecular complexity index is 480. The molecule has 6 heteroatoms. The van der Waals surface area contributed by atoms with Crippen LogP contribution in [-0.4, -0.2) is 14.9 Å². The lowest BCUT2D eigenvalue weighted by Crippen LogP contribution is -1.91. The van der Waals surface area contributed by atoms with Crippen LogP contribution in [0.2, 0.25) is 5.02 Å². The van der Waals surface area contributed by atoms with E-state index in [1.807, 2.05) is 0 Å². The number of rotatable bonds is 1. The standard InChI is InChI=1S/C7H4ClN3O2/c8-4-3-10-5-1-2-9-6(5)7(4)11(12)13/h1-3,9H. The van der Waals surface area contributed by atoms with Crippen molar-refractivity contribution in [1.82, 2.24) is 9.97 Å². The van der Waals surface area contributed by atoms with E-state index in [-0.39, 0.29) is 10.7 Å². The minimum atomic E-state index is -0.525. The fourth-order valence-corrected chi connectivity index (χ4v) is 1.36. The number of halogens is 1. The third-order valence-electron chi connectivity index (χ3n) is 1.69. The van der Waals surface area contributed by atoms with E-state index in [1.54, 1.807) is 12.3 Å². The summed E-state index contributed by atoms with van der Waals surface area (Å²) in [5.41, 5.74) is 0.769. The Morgan fingerprint density at radius 2 is 2.38 bits per heavy atom. The molecular formula is C7H4ClN3O2. The van der Waals surface area contributed by atoms with Gasteiger partial charge in [0.25, 0.3) is 0 Å². The van der Waals surface area contributed by atoms with Gasteiger partial charge < -0.3 is 4.98 Å². The fraction of sp³-hybridized carbons (Fsp3) is 0. The summed E-state index contributed by atoms with van der Waals surface area (Å²) in [6, 6.07) is 1.65. The number of hydrogen-bond donors (Lipinski definition) is 1. The van der Waals surface area contributed by atoms with Crippen molar-refractivity contribution in [3.05, 3.63) is 33.6 Å². The topological polar surface area (TPSA) is 71.8 Å². The molecule has 0 aliphatic rings. The number of fused-ring (bicyclic) bond motifs is 1. The van der Waals surface area contributed by atoms with Gasteiger partial charge in [-0.25, -0.2) is 0 Å². The number of hydrogen-bond acceptors (Lipinski definition) is 3. The van der Waals surface area contributed by atoms with Gasteiger partial charge in [-0.2, -0.15) is 0 Å². The predicted octanol–water partition coefficient (Wildman–Crippen LogP) is 2.12. The molecule has 0 unspecified atom stereocenters. The van der Waals surface area contributed by atoms with Crippen molar-refractivity contribution in [2.24, 2.45) is 0 Å². The molecule has 2 rings (SSSR count). The van der Waals surface area contributed by atoms with Gasteiger partial charge in [0.1, 0.15) is 10.5 Å². The molecule has 0 radical (unpaired) electrons. The summed E-state index contributed by atoms with van der Waals surface area (Å²) < 4.78 is 0. The molecule has 2 aromatic heterocycles. The van der Waals surface area contributed by atoms with Gasteiger partial charge in [0.15, 0.2) is 0 Å². The molecule has 0 atom stereocenters. The summed E-state index contributed by atoms with van der Waals surface area (Å²) in [6.45, 7) is 0. The molecule has 13 heavy (non-hydrogen) atoms. The highest BCUT2D eigenvalue weighted by Crippen LogP contribution is 2.29. The molecular weight excluding hydrogens is 194 g/mol. The van der Waals surface area contributed by atoms with Crippen molar-refractivity contribution in [1.29, 1.82) is 0 Å². The Morgan fingerprint density at radius 3 is 3.08 bits per heavy atom. The Kier molecular flexibility index (Phi) is 1.66. The van der Waals surface area contributed by atoms with Crippen molar-refractivity contribution in [3.63, 3.8) is 0 Å². The molecule has 2 aromatic rings. The zero-order chi connectivity index (χ0) is 9.42. The summed E-state index contributed by atoms with van der Waals surface area (Å²) in [5.74, 6) is 0. The zero-order valence-corrected chi connectivity index (χ0v) is 7.08. The normalized spacial score (nSPS) is 10.5. The van der Waals surface area contributed by atoms with Crippen LogP contribution in [0.4, 0.5) is 5.69 Å². The molecule has 0 saturated heterocycles. The second-order valence-corrected chi connectivity index (χ2v) is 2.86. The summed E-state index contributed by atoms with van der Waals surface area (Å²) in [7, 11) is 0. The first-order valence-corrected chi connectivity index (χ1v) is 3.84. The zero-order valence-electron chi connectivity index (χ0n) is 6.32. The highest BCUT2D eigenvalue weighted by molar-refractivity contribution is 6.33. The summed E-state index contributed by atoms with van der Waals surface area (Å²) in [6.07, 6.45) is 2.86. The molecule has 0 spiro atoms. The minimum absolute atomic E-state index is 0.0416. The summed E-state index contributed by atoms with van der Waals surface area (Å²) >= 11 is 5.63. The maximum Gasteiger partial charge on any atom is 0.314 e. The molecule has 0 amide bonds. The molecule has 0 saturated carbocycles. The van der Waals surface area contributed by atoms with Crippen molar-refractivity contribution in [2.45, 2.75) is 0 Å². The molecule has 0 bridgehead atoms. The third kappa shape index (κ3) is 1.13. The largest absolute Gasteiger partial charge is 0.354 e. The fourth-order valence-electron chi connectivity index (χ4n) is 1.14. The van der Waals surface area contributed by atoms with Crippen LogP contribution in [0.3, 0.4) is 0 Å². The van der Waals surface area contributed by atoms with Crippen molar-refractivity contribution in [2.75, 3.05) is 0 Å². The van der Waals surface area contributed by atoms with Crippen LogP contribution >= 0.6 is 11.6 Å². The van der Waals surface area contributed by atoms with Gasteiger partial charge in [0.2, 0.25) is 0 Å². The van der Waals surface area contributed by atoms with E-state index >= 15 is 0 Å². The van der Waals surface area contributed by atoms with E-state index in [0.29, 0.717) is 11.0 Å². The number of H-pyrrole nitrogens is 1. The molecule has 1 N–H and O–H groups in total. The molecule has 0 fully saturated rings. The number of aromatic amines is 1. The minimum Gasteiger partial charge on any atom is -0.354 e. The van der Waals surface area contributed by atoms with E-state index in [4.69, 9.17) is 11.6 Å². The number of nitrogens with zero attached hydrogens (tertiary/aromatic N) is 2. The molecule has 0 aromatic carbocycles. The maximum atomic E-state index is 10.6. The summed E-state index contributed by atoms with van der Waals surface area (Å²) in [4.78, 5) is 16.7. The average molecular weight is 198 g/mol. The maximum absolute atomic E-state index is 10.6. The van der Waals surface area contributed by atoms with Crippen LogP contribution in [0, 0.1) is 10.1 Å². The number of pyridine rings is 1. The van der Waals surface area contributed by atoms with Gasteiger partial charge in [-0.3, -0.25) is 15.1 Å². The molecule has 2 heterocycles. The number of nitro groups is 1. The van der Waals surface area contributed by atoms with E-state index in [2.05, 4.69) is 9.97 Å². The monoisotopic (exact) mass is 197 g/mol. The second-order valence-electron chi connectivity index (χ2n) is 2.45. The predicted molar refractivity (Wildman–Crippen MR) is 47.8 cm³/mol. The first-order valence-electron chi connectivity index (χ1n) is 3.46. The van der Waals surface area contributed by atoms with E-state index in [1.165, 1.54) is 6.20 Å². The number of aromatic nitrogens is 2. The van der Waals surface area contributed by atoms with E-state index in [0.717, 1.165) is 0 Å². The van der Waals surface area contributed by atoms with Crippen LogP contribution < -0.4 is 0 Å². The lowest BCUT2D eigenvalue weighted by atomic mass is 10.3. The second kappa shape index (κ2) is 2.70. The third-order valence-corrected chi connectivity index (χ3v) is 1.96. The van der Waals surface area contributed by atoms with Gasteiger partial charge in [-0.05, 0) is 6.07 Å². The first kappa shape index (κ1) is 8.00. The molecule has 5 nitrogen and oxygen atoms in total. The van der Waals surface area contributed by atoms with Crippen molar-refractivity contribution < 1.29 is 4.92 Å². The molecule has 0 aliphatic carbocycles. The van der Waals surface area contributed by atoms with Gasteiger partial charge >= 0.3 is 5.69 Å². The van der Waals surface area contributed by atoms with Crippen LogP contribution in [0.15, 0.2) is 18.5 Å². The lowest BCUT2D eigenvalue weighted by Gasteiger charge is -1.95. The Morgan fingerprint density at radius 1 is 1.62 bits per heavy atom. The van der Waals surface area contributed by atoms with Gasteiger partial charge in [-0.15, -0.1) is 0 Å². The Labute approximate surface area is 77.5 Å². The van der Waals surface area contributed by atoms with Crippen LogP contribution in [0.25, 0.3) is 11.0 Å². The number of nitrogens with one attached hydrogen (secondary N) is 1. The quantitative estimate of drug-likeness (QED) is 0.562. The Balaban J connectivity index is 2.88. The SMILES string of the molecule is O=[N+]([O-])c1c(Cl)cnc2cc[nH]c12. The smallest absolute Gasteiger partial charge is 0.314 e. The highest BCUT2D eigenvalue weighted by atomic mass is 35.5. The van der Waals surface area contributed by atoms with Crippen LogP contribution in [0.1, 0.15) is 0 Å². The van der Waals surface area contributed by atoms with Gasteiger partial charge in [0, 0.05) is 6.20 Å². The lowest BCUT2D eigenvalue weighted by molar-refractivity contribution is -0.383. The van der Waals surface area contributed by atoms with E-state index < -0.39 is 4.92 Å². The first-order chi connectivity index (χ1) is 6.20. The highest BCUT2D eigenvalue weighted by Gasteiger charge is 2.18. The van der Waals surface area contributed by atoms with Gasteiger partial charge in [0.05, 0.1) is 16.6 Å². The average Bonchev–Trinajstić information content (AvgIpc) is 2.50. The summed E-state index contributed by atoms with van der Waals surface area (Å²) in [5, 5.41) is 10.6. The molecule has 0 aliphatic heterocycles. The van der Waals surface area contributed by atoms with E-state index in [9.17, 15) is 10.1 Å². The van der Waals surface area contributed by atoms with Gasteiger partial charge in [-0.1, -0.05) is 11.6 Å². The van der Waals surface area contributed by atoms with Crippen LogP contribution in [0.5, 0.6) is 0 Å². The molecule has 66 valence electrons. The van der Waals surface area contributed by atoms with Crippen molar-refractivity contribution in [3.8, 4) is 0 Å². The Hall–Kier alpha value is -1.62. The van der Waals surface area contributed by atoms with Crippen molar-refractivity contribution >= 4 is 28.3 Å². The van der Waals surface area contributed by atoms with Crippen LogP contribution in [-0.2, 0) is 0 Å².